The van der Waals surface area contributed by atoms with Gasteiger partial charge in [-0.3, -0.25) is 4.79 Å². The van der Waals surface area contributed by atoms with Crippen LogP contribution in [0.4, 0.5) is 5.69 Å². The van der Waals surface area contributed by atoms with E-state index < -0.39 is 0 Å². The van der Waals surface area contributed by atoms with Gasteiger partial charge in [-0.1, -0.05) is 38.1 Å². The number of hydrogen-bond acceptors (Lipinski definition) is 2. The molecule has 0 heterocycles. The number of carbonyl (C=O) groups is 1. The molecule has 138 valence electrons. The fraction of sp³-hybridized carbons (Fsp3) is 0.333. The molecule has 4 N–H and O–H groups in total. The molecule has 0 aliphatic carbocycles. The Morgan fingerprint density at radius 1 is 1.15 bits per heavy atom. The Hall–Kier alpha value is -2.82. The SMILES string of the molecule is CCNC(=O)c1cccc(CN=C(N)Nc2ccc(C(C)CC)cc2)c1. The zero-order chi connectivity index (χ0) is 18.9. The fourth-order valence-corrected chi connectivity index (χ4v) is 2.57. The molecular weight excluding hydrogens is 324 g/mol. The number of benzene rings is 2. The van der Waals surface area contributed by atoms with Crippen molar-refractivity contribution in [2.75, 3.05) is 11.9 Å². The maximum absolute atomic E-state index is 11.9. The van der Waals surface area contributed by atoms with Gasteiger partial charge in [0.25, 0.3) is 5.91 Å². The molecule has 2 rings (SSSR count). The van der Waals surface area contributed by atoms with Crippen LogP contribution in [0.5, 0.6) is 0 Å². The molecule has 0 radical (unpaired) electrons. The third kappa shape index (κ3) is 5.62. The van der Waals surface area contributed by atoms with Gasteiger partial charge in [-0.2, -0.15) is 0 Å². The number of nitrogens with one attached hydrogen (secondary N) is 2. The first-order valence-electron chi connectivity index (χ1n) is 9.07. The lowest BCUT2D eigenvalue weighted by atomic mass is 9.99. The van der Waals surface area contributed by atoms with E-state index in [1.807, 2.05) is 37.3 Å². The van der Waals surface area contributed by atoms with Gasteiger partial charge < -0.3 is 16.4 Å². The summed E-state index contributed by atoms with van der Waals surface area (Å²) in [6.45, 7) is 7.31. The Labute approximate surface area is 155 Å². The molecule has 26 heavy (non-hydrogen) atoms. The molecule has 2 aromatic rings. The lowest BCUT2D eigenvalue weighted by Gasteiger charge is -2.11. The van der Waals surface area contributed by atoms with Crippen molar-refractivity contribution in [3.8, 4) is 0 Å². The zero-order valence-electron chi connectivity index (χ0n) is 15.8. The monoisotopic (exact) mass is 352 g/mol. The molecular formula is C21H28N4O. The molecule has 1 amide bonds. The molecule has 0 spiro atoms. The molecule has 0 aliphatic heterocycles. The van der Waals surface area contributed by atoms with E-state index in [4.69, 9.17) is 5.73 Å². The molecule has 0 saturated heterocycles. The maximum atomic E-state index is 11.9. The molecule has 1 unspecified atom stereocenters. The quantitative estimate of drug-likeness (QED) is 0.523. The van der Waals surface area contributed by atoms with E-state index in [-0.39, 0.29) is 5.91 Å². The predicted octanol–water partition coefficient (Wildman–Crippen LogP) is 3.88. The predicted molar refractivity (Wildman–Crippen MR) is 109 cm³/mol. The summed E-state index contributed by atoms with van der Waals surface area (Å²) in [6.07, 6.45) is 1.12. The van der Waals surface area contributed by atoms with Gasteiger partial charge in [0.15, 0.2) is 5.96 Å². The number of guanidine groups is 1. The normalized spacial score (nSPS) is 12.5. The van der Waals surface area contributed by atoms with E-state index in [9.17, 15) is 4.79 Å². The van der Waals surface area contributed by atoms with Gasteiger partial charge in [0.05, 0.1) is 6.54 Å². The molecule has 0 bridgehead atoms. The first-order chi connectivity index (χ1) is 12.5. The third-order valence-electron chi connectivity index (χ3n) is 4.32. The van der Waals surface area contributed by atoms with Gasteiger partial charge in [0.2, 0.25) is 0 Å². The van der Waals surface area contributed by atoms with Gasteiger partial charge in [-0.05, 0) is 54.7 Å². The van der Waals surface area contributed by atoms with Gasteiger partial charge in [-0.15, -0.1) is 0 Å². The highest BCUT2D eigenvalue weighted by atomic mass is 16.1. The van der Waals surface area contributed by atoms with Crippen LogP contribution < -0.4 is 16.4 Å². The molecule has 0 saturated carbocycles. The van der Waals surface area contributed by atoms with E-state index in [0.717, 1.165) is 17.7 Å². The van der Waals surface area contributed by atoms with Crippen molar-refractivity contribution in [2.45, 2.75) is 39.7 Å². The fourth-order valence-electron chi connectivity index (χ4n) is 2.57. The summed E-state index contributed by atoms with van der Waals surface area (Å²) >= 11 is 0. The van der Waals surface area contributed by atoms with Gasteiger partial charge >= 0.3 is 0 Å². The molecule has 0 aliphatic rings. The lowest BCUT2D eigenvalue weighted by molar-refractivity contribution is 0.0955. The van der Waals surface area contributed by atoms with Crippen molar-refractivity contribution >= 4 is 17.6 Å². The summed E-state index contributed by atoms with van der Waals surface area (Å²) in [5, 5.41) is 5.89. The third-order valence-corrected chi connectivity index (χ3v) is 4.32. The highest BCUT2D eigenvalue weighted by Crippen LogP contribution is 2.20. The highest BCUT2D eigenvalue weighted by Gasteiger charge is 2.05. The second-order valence-electron chi connectivity index (χ2n) is 6.32. The van der Waals surface area contributed by atoms with Crippen LogP contribution in [0, 0.1) is 0 Å². The smallest absolute Gasteiger partial charge is 0.251 e. The number of carbonyl (C=O) groups excluding carboxylic acids is 1. The summed E-state index contributed by atoms with van der Waals surface area (Å²) < 4.78 is 0. The van der Waals surface area contributed by atoms with Crippen LogP contribution in [0.2, 0.25) is 0 Å². The van der Waals surface area contributed by atoms with Crippen molar-refractivity contribution in [1.29, 1.82) is 0 Å². The van der Waals surface area contributed by atoms with E-state index in [0.29, 0.717) is 30.5 Å². The van der Waals surface area contributed by atoms with Gasteiger partial charge in [0.1, 0.15) is 0 Å². The molecule has 5 heteroatoms. The Morgan fingerprint density at radius 3 is 2.54 bits per heavy atom. The van der Waals surface area contributed by atoms with E-state index in [2.05, 4.69) is 41.6 Å². The van der Waals surface area contributed by atoms with E-state index >= 15 is 0 Å². The Bertz CT molecular complexity index is 753. The number of hydrogen-bond donors (Lipinski definition) is 3. The standard InChI is InChI=1S/C21H28N4O/c1-4-15(3)17-9-11-19(12-10-17)25-21(22)24-14-16-7-6-8-18(13-16)20(26)23-5-2/h6-13,15H,4-5,14H2,1-3H3,(H,23,26)(H3,22,24,25). The minimum absolute atomic E-state index is 0.0779. The number of amides is 1. The number of nitrogens with two attached hydrogens (primary N) is 1. The minimum atomic E-state index is -0.0779. The van der Waals surface area contributed by atoms with Crippen molar-refractivity contribution in [1.82, 2.24) is 5.32 Å². The Balaban J connectivity index is 1.98. The van der Waals surface area contributed by atoms with Crippen LogP contribution in [-0.2, 0) is 6.54 Å². The lowest BCUT2D eigenvalue weighted by Crippen LogP contribution is -2.23. The van der Waals surface area contributed by atoms with Crippen LogP contribution in [0.25, 0.3) is 0 Å². The zero-order valence-corrected chi connectivity index (χ0v) is 15.8. The van der Waals surface area contributed by atoms with Crippen molar-refractivity contribution in [2.24, 2.45) is 10.7 Å². The summed E-state index contributed by atoms with van der Waals surface area (Å²) in [4.78, 5) is 16.3. The first kappa shape index (κ1) is 19.5. The van der Waals surface area contributed by atoms with Gasteiger partial charge in [-0.25, -0.2) is 4.99 Å². The summed E-state index contributed by atoms with van der Waals surface area (Å²) in [5.41, 5.74) is 9.78. The van der Waals surface area contributed by atoms with E-state index in [1.54, 1.807) is 6.07 Å². The van der Waals surface area contributed by atoms with Crippen LogP contribution in [0.3, 0.4) is 0 Å². The first-order valence-corrected chi connectivity index (χ1v) is 9.07. The van der Waals surface area contributed by atoms with Crippen LogP contribution in [-0.4, -0.2) is 18.4 Å². The topological polar surface area (TPSA) is 79.5 Å². The number of rotatable bonds is 7. The molecule has 0 fully saturated rings. The Morgan fingerprint density at radius 2 is 1.88 bits per heavy atom. The summed E-state index contributed by atoms with van der Waals surface area (Å²) in [7, 11) is 0. The average molecular weight is 352 g/mol. The van der Waals surface area contributed by atoms with Crippen LogP contribution in [0.1, 0.15) is 54.6 Å². The number of nitrogens with zero attached hydrogens (tertiary/aromatic N) is 1. The highest BCUT2D eigenvalue weighted by molar-refractivity contribution is 5.94. The molecule has 1 atom stereocenters. The second-order valence-corrected chi connectivity index (χ2v) is 6.32. The summed E-state index contributed by atoms with van der Waals surface area (Å²) in [6, 6.07) is 15.7. The molecule has 5 nitrogen and oxygen atoms in total. The molecule has 0 aromatic heterocycles. The number of aliphatic imine (C=N–C) groups is 1. The molecule has 2 aromatic carbocycles. The van der Waals surface area contributed by atoms with Gasteiger partial charge in [0, 0.05) is 17.8 Å². The van der Waals surface area contributed by atoms with Crippen molar-refractivity contribution in [3.63, 3.8) is 0 Å². The van der Waals surface area contributed by atoms with Crippen molar-refractivity contribution in [3.05, 3.63) is 65.2 Å². The van der Waals surface area contributed by atoms with Crippen LogP contribution >= 0.6 is 0 Å². The van der Waals surface area contributed by atoms with Crippen LogP contribution in [0.15, 0.2) is 53.5 Å². The maximum Gasteiger partial charge on any atom is 0.251 e. The van der Waals surface area contributed by atoms with E-state index in [1.165, 1.54) is 5.56 Å². The number of anilines is 1. The largest absolute Gasteiger partial charge is 0.370 e. The minimum Gasteiger partial charge on any atom is -0.370 e. The summed E-state index contributed by atoms with van der Waals surface area (Å²) in [5.74, 6) is 0.822. The average Bonchev–Trinajstić information content (AvgIpc) is 2.67. The Kier molecular flexibility index (Phi) is 7.21. The van der Waals surface area contributed by atoms with Crippen molar-refractivity contribution < 1.29 is 4.79 Å². The second kappa shape index (κ2) is 9.61.